The molecule has 0 aromatic carbocycles. The Morgan fingerprint density at radius 2 is 1.62 bits per heavy atom. The van der Waals surface area contributed by atoms with Gasteiger partial charge in [-0.2, -0.15) is 0 Å². The molecule has 3 nitrogen and oxygen atoms in total. The highest BCUT2D eigenvalue weighted by Crippen LogP contribution is 2.65. The van der Waals surface area contributed by atoms with Crippen molar-refractivity contribution in [3.8, 4) is 0 Å². The van der Waals surface area contributed by atoms with E-state index in [4.69, 9.17) is 4.43 Å². The number of likely N-dealkylation sites (tertiary alicyclic amines) is 1. The zero-order chi connectivity index (χ0) is 21.4. The maximum absolute atomic E-state index is 12.4. The second-order valence-electron chi connectivity index (χ2n) is 13.0. The lowest BCUT2D eigenvalue weighted by Gasteiger charge is -2.62. The molecule has 1 saturated heterocycles. The van der Waals surface area contributed by atoms with Gasteiger partial charge in [0.1, 0.15) is 0 Å². The number of hydrogen-bond donors (Lipinski definition) is 0. The Hall–Kier alpha value is -0.353. The van der Waals surface area contributed by atoms with Crippen LogP contribution in [0.5, 0.6) is 0 Å². The molecule has 0 N–H and O–H groups in total. The maximum Gasteiger partial charge on any atom is 0.222 e. The lowest BCUT2D eigenvalue weighted by Crippen LogP contribution is -2.61. The van der Waals surface area contributed by atoms with E-state index in [0.29, 0.717) is 28.9 Å². The summed E-state index contributed by atoms with van der Waals surface area (Å²) in [6.45, 7) is 17.1. The first-order valence-electron chi connectivity index (χ1n) is 12.2. The van der Waals surface area contributed by atoms with Gasteiger partial charge in [-0.3, -0.25) is 4.79 Å². The van der Waals surface area contributed by atoms with Crippen LogP contribution in [0.25, 0.3) is 0 Å². The Balaban J connectivity index is 1.56. The molecule has 0 bridgehead atoms. The van der Waals surface area contributed by atoms with Crippen molar-refractivity contribution in [2.45, 2.75) is 116 Å². The first-order chi connectivity index (χ1) is 13.3. The molecular weight excluding hydrogens is 374 g/mol. The average molecular weight is 420 g/mol. The molecule has 4 rings (SSSR count). The topological polar surface area (TPSA) is 29.5 Å². The number of nitrogens with zero attached hydrogens (tertiary/aromatic N) is 1. The van der Waals surface area contributed by atoms with Crippen LogP contribution in [-0.4, -0.2) is 38.3 Å². The molecule has 4 aliphatic rings. The Kier molecular flexibility index (Phi) is 5.14. The Labute approximate surface area is 180 Å². The normalized spacial score (nSPS) is 45.6. The molecule has 0 radical (unpaired) electrons. The van der Waals surface area contributed by atoms with Gasteiger partial charge in [0.15, 0.2) is 8.32 Å². The summed E-state index contributed by atoms with van der Waals surface area (Å²) in [7, 11) is 0.325. The number of amides is 1. The van der Waals surface area contributed by atoms with E-state index in [1.54, 1.807) is 0 Å². The van der Waals surface area contributed by atoms with Crippen molar-refractivity contribution >= 4 is 14.2 Å². The predicted octanol–water partition coefficient (Wildman–Crippen LogP) is 6.24. The fourth-order valence-corrected chi connectivity index (χ4v) is 9.28. The Morgan fingerprint density at radius 1 is 0.966 bits per heavy atom. The van der Waals surface area contributed by atoms with Gasteiger partial charge in [0.25, 0.3) is 0 Å². The number of rotatable bonds is 2. The zero-order valence-corrected chi connectivity index (χ0v) is 21.3. The predicted molar refractivity (Wildman–Crippen MR) is 122 cm³/mol. The van der Waals surface area contributed by atoms with Crippen LogP contribution in [0, 0.1) is 28.6 Å². The molecular formula is C25H45NO2Si. The molecule has 4 heteroatoms. The minimum atomic E-state index is -1.74. The maximum atomic E-state index is 12.4. The van der Waals surface area contributed by atoms with Gasteiger partial charge in [-0.15, -0.1) is 0 Å². The summed E-state index contributed by atoms with van der Waals surface area (Å²) in [5, 5.41) is 0.281. The largest absolute Gasteiger partial charge is 0.413 e. The number of piperidine rings is 1. The zero-order valence-electron chi connectivity index (χ0n) is 20.3. The molecule has 3 saturated carbocycles. The molecule has 1 aliphatic heterocycles. The Morgan fingerprint density at radius 3 is 2.28 bits per heavy atom. The molecule has 29 heavy (non-hydrogen) atoms. The molecule has 0 aromatic rings. The fourth-order valence-electron chi connectivity index (χ4n) is 7.83. The lowest BCUT2D eigenvalue weighted by atomic mass is 9.47. The van der Waals surface area contributed by atoms with Crippen LogP contribution in [0.1, 0.15) is 86.0 Å². The molecule has 3 aliphatic carbocycles. The van der Waals surface area contributed by atoms with Gasteiger partial charge in [0.2, 0.25) is 5.91 Å². The molecule has 1 heterocycles. The van der Waals surface area contributed by atoms with Gasteiger partial charge >= 0.3 is 0 Å². The van der Waals surface area contributed by atoms with Crippen LogP contribution in [0.3, 0.4) is 0 Å². The smallest absolute Gasteiger partial charge is 0.222 e. The van der Waals surface area contributed by atoms with Crippen LogP contribution >= 0.6 is 0 Å². The van der Waals surface area contributed by atoms with Crippen LogP contribution in [-0.2, 0) is 9.22 Å². The van der Waals surface area contributed by atoms with Crippen LogP contribution in [0.2, 0.25) is 18.1 Å². The molecule has 7 atom stereocenters. The van der Waals surface area contributed by atoms with Crippen molar-refractivity contribution in [1.82, 2.24) is 4.90 Å². The molecule has 4 fully saturated rings. The summed E-state index contributed by atoms with van der Waals surface area (Å²) < 4.78 is 7.06. The third-order valence-corrected chi connectivity index (χ3v) is 15.2. The van der Waals surface area contributed by atoms with E-state index in [1.165, 1.54) is 38.5 Å². The third-order valence-electron chi connectivity index (χ3n) is 10.7. The van der Waals surface area contributed by atoms with Gasteiger partial charge in [0.05, 0.1) is 6.10 Å². The second kappa shape index (κ2) is 6.82. The van der Waals surface area contributed by atoms with Crippen molar-refractivity contribution in [2.75, 3.05) is 7.05 Å². The Bertz CT molecular complexity index is 670. The molecule has 0 unspecified atom stereocenters. The SMILES string of the molecule is CN1C(=O)CC[C@]2(C)[C@H]3CC[C@]4(C)[C@@H](O[Si](C)(C)C(C)(C)C)CC[C@H]4[C@@H]3CC[C@@H]12. The molecule has 0 spiro atoms. The minimum absolute atomic E-state index is 0.281. The van der Waals surface area contributed by atoms with E-state index in [2.05, 4.69) is 59.7 Å². The van der Waals surface area contributed by atoms with Gasteiger partial charge < -0.3 is 9.33 Å². The first-order valence-corrected chi connectivity index (χ1v) is 15.2. The molecule has 1 amide bonds. The summed E-state index contributed by atoms with van der Waals surface area (Å²) in [5.41, 5.74) is 0.682. The summed E-state index contributed by atoms with van der Waals surface area (Å²) in [5.74, 6) is 2.82. The van der Waals surface area contributed by atoms with Gasteiger partial charge in [-0.05, 0) is 91.7 Å². The summed E-state index contributed by atoms with van der Waals surface area (Å²) in [6, 6.07) is 0.468. The number of fused-ring (bicyclic) bond motifs is 5. The summed E-state index contributed by atoms with van der Waals surface area (Å²) in [4.78, 5) is 14.5. The third kappa shape index (κ3) is 3.18. The number of carbonyl (C=O) groups is 1. The van der Waals surface area contributed by atoms with E-state index in [0.717, 1.165) is 30.6 Å². The second-order valence-corrected chi connectivity index (χ2v) is 17.7. The quantitative estimate of drug-likeness (QED) is 0.496. The van der Waals surface area contributed by atoms with Crippen molar-refractivity contribution in [1.29, 1.82) is 0 Å². The fraction of sp³-hybridized carbons (Fsp3) is 0.960. The van der Waals surface area contributed by atoms with Gasteiger partial charge in [0, 0.05) is 19.5 Å². The van der Waals surface area contributed by atoms with Gasteiger partial charge in [-0.1, -0.05) is 34.6 Å². The van der Waals surface area contributed by atoms with Crippen LogP contribution < -0.4 is 0 Å². The van der Waals surface area contributed by atoms with E-state index in [9.17, 15) is 4.79 Å². The first kappa shape index (κ1) is 21.9. The highest BCUT2D eigenvalue weighted by Gasteiger charge is 2.62. The number of carbonyl (C=O) groups excluding carboxylic acids is 1. The van der Waals surface area contributed by atoms with E-state index >= 15 is 0 Å². The van der Waals surface area contributed by atoms with E-state index in [-0.39, 0.29) is 5.04 Å². The van der Waals surface area contributed by atoms with Crippen molar-refractivity contribution in [2.24, 2.45) is 28.6 Å². The van der Waals surface area contributed by atoms with Crippen LogP contribution in [0.15, 0.2) is 0 Å². The summed E-state index contributed by atoms with van der Waals surface area (Å²) >= 11 is 0. The van der Waals surface area contributed by atoms with Crippen LogP contribution in [0.4, 0.5) is 0 Å². The highest BCUT2D eigenvalue weighted by molar-refractivity contribution is 6.74. The van der Waals surface area contributed by atoms with E-state index in [1.807, 2.05) is 0 Å². The van der Waals surface area contributed by atoms with Crippen molar-refractivity contribution in [3.63, 3.8) is 0 Å². The average Bonchev–Trinajstić information content (AvgIpc) is 2.94. The summed E-state index contributed by atoms with van der Waals surface area (Å²) in [6.07, 6.45) is 10.1. The van der Waals surface area contributed by atoms with Gasteiger partial charge in [-0.25, -0.2) is 0 Å². The standard InChI is InChI=1S/C25H45NO2Si/c1-23(2,3)29(7,8)28-21-12-10-18-17-9-11-20-24(4,16-14-22(27)26(20)6)19(17)13-15-25(18,21)5/h17-21H,9-16H2,1-8H3/t17-,18-,19-,20+,21-,24+,25-/m0/s1. The monoisotopic (exact) mass is 419 g/mol. The lowest BCUT2D eigenvalue weighted by molar-refractivity contribution is -0.159. The van der Waals surface area contributed by atoms with E-state index < -0.39 is 8.32 Å². The van der Waals surface area contributed by atoms with Crippen molar-refractivity contribution < 1.29 is 9.22 Å². The van der Waals surface area contributed by atoms with Crippen molar-refractivity contribution in [3.05, 3.63) is 0 Å². The number of hydrogen-bond acceptors (Lipinski definition) is 2. The minimum Gasteiger partial charge on any atom is -0.413 e. The molecule has 0 aromatic heterocycles. The highest BCUT2D eigenvalue weighted by atomic mass is 28.4. The molecule has 166 valence electrons.